The Morgan fingerprint density at radius 1 is 1.42 bits per heavy atom. The second-order valence-electron chi connectivity index (χ2n) is 3.97. The molecule has 0 saturated carbocycles. The Kier molecular flexibility index (Phi) is 6.27. The lowest BCUT2D eigenvalue weighted by atomic mass is 10.2. The first-order valence-corrected chi connectivity index (χ1v) is 7.81. The Morgan fingerprint density at radius 3 is 2.79 bits per heavy atom. The average molecular weight is 306 g/mol. The topological polar surface area (TPSA) is 72.5 Å². The van der Waals surface area contributed by atoms with E-state index in [2.05, 4.69) is 0 Å². The quantitative estimate of drug-likeness (QED) is 0.778. The minimum Gasteiger partial charge on any atom is -0.372 e. The zero-order chi connectivity index (χ0) is 14.3. The van der Waals surface area contributed by atoms with Crippen LogP contribution in [0.5, 0.6) is 0 Å². The minimum absolute atomic E-state index is 0.261. The van der Waals surface area contributed by atoms with Crippen LogP contribution < -0.4 is 4.72 Å². The Balaban J connectivity index is 2.54. The van der Waals surface area contributed by atoms with Gasteiger partial charge in [-0.15, -0.1) is 0 Å². The van der Waals surface area contributed by atoms with Crippen LogP contribution in [0.3, 0.4) is 0 Å². The first kappa shape index (κ1) is 15.9. The van der Waals surface area contributed by atoms with Gasteiger partial charge in [-0.05, 0) is 24.1 Å². The third-order valence-electron chi connectivity index (χ3n) is 2.10. The Bertz CT molecular complexity index is 530. The smallest absolute Gasteiger partial charge is 0.259 e. The van der Waals surface area contributed by atoms with Crippen molar-refractivity contribution in [3.63, 3.8) is 0 Å². The van der Waals surface area contributed by atoms with Crippen molar-refractivity contribution in [1.29, 1.82) is 0 Å². The fourth-order valence-electron chi connectivity index (χ4n) is 1.39. The molecule has 19 heavy (non-hydrogen) atoms. The minimum atomic E-state index is -3.73. The van der Waals surface area contributed by atoms with Gasteiger partial charge in [-0.25, -0.2) is 8.42 Å². The molecule has 1 aromatic rings. The Labute approximate surface area is 118 Å². The Morgan fingerprint density at radius 2 is 2.16 bits per heavy atom. The van der Waals surface area contributed by atoms with Gasteiger partial charge in [0.15, 0.2) is 0 Å². The molecular weight excluding hydrogens is 290 g/mol. The fourth-order valence-corrected chi connectivity index (χ4v) is 2.70. The zero-order valence-electron chi connectivity index (χ0n) is 10.6. The predicted molar refractivity (Wildman–Crippen MR) is 73.3 cm³/mol. The molecule has 0 aromatic heterocycles. The lowest BCUT2D eigenvalue weighted by Crippen LogP contribution is -2.34. The third-order valence-corrected chi connectivity index (χ3v) is 3.58. The first-order valence-electron chi connectivity index (χ1n) is 5.78. The zero-order valence-corrected chi connectivity index (χ0v) is 12.1. The normalized spacial score (nSPS) is 11.3. The standard InChI is InChI=1S/C12H16ClNO4S/c1-2-6-18-8-12(15)14-19(16,17)9-10-4-3-5-11(13)7-10/h3-5,7H,2,6,8-9H2,1H3,(H,14,15). The van der Waals surface area contributed by atoms with Gasteiger partial charge in [-0.3, -0.25) is 9.52 Å². The summed E-state index contributed by atoms with van der Waals surface area (Å²) in [6.45, 7) is 2.05. The summed E-state index contributed by atoms with van der Waals surface area (Å²) in [5.74, 6) is -0.969. The summed E-state index contributed by atoms with van der Waals surface area (Å²) in [4.78, 5) is 11.3. The molecule has 0 bridgehead atoms. The van der Waals surface area contributed by atoms with E-state index in [-0.39, 0.29) is 12.4 Å². The summed E-state index contributed by atoms with van der Waals surface area (Å²) < 4.78 is 30.4. The molecule has 106 valence electrons. The molecule has 0 spiro atoms. The van der Waals surface area contributed by atoms with E-state index in [0.717, 1.165) is 6.42 Å². The van der Waals surface area contributed by atoms with Gasteiger partial charge < -0.3 is 4.74 Å². The number of sulfonamides is 1. The van der Waals surface area contributed by atoms with E-state index in [4.69, 9.17) is 16.3 Å². The molecule has 0 atom stereocenters. The number of rotatable bonds is 7. The second-order valence-corrected chi connectivity index (χ2v) is 6.13. The molecule has 0 heterocycles. The van der Waals surface area contributed by atoms with Crippen LogP contribution in [0.2, 0.25) is 5.02 Å². The molecule has 0 radical (unpaired) electrons. The SMILES string of the molecule is CCCOCC(=O)NS(=O)(=O)Cc1cccc(Cl)c1. The van der Waals surface area contributed by atoms with E-state index in [1.807, 2.05) is 11.6 Å². The van der Waals surface area contributed by atoms with Gasteiger partial charge in [-0.2, -0.15) is 0 Å². The highest BCUT2D eigenvalue weighted by atomic mass is 35.5. The van der Waals surface area contributed by atoms with Crippen molar-refractivity contribution in [3.05, 3.63) is 34.9 Å². The number of hydrogen-bond acceptors (Lipinski definition) is 4. The second kappa shape index (κ2) is 7.47. The van der Waals surface area contributed by atoms with Crippen LogP contribution in [0, 0.1) is 0 Å². The van der Waals surface area contributed by atoms with E-state index in [9.17, 15) is 13.2 Å². The van der Waals surface area contributed by atoms with Crippen LogP contribution in [0.15, 0.2) is 24.3 Å². The summed E-state index contributed by atoms with van der Waals surface area (Å²) in [5.41, 5.74) is 0.516. The lowest BCUT2D eigenvalue weighted by Gasteiger charge is -2.07. The highest BCUT2D eigenvalue weighted by Crippen LogP contribution is 2.12. The maximum absolute atomic E-state index is 11.7. The van der Waals surface area contributed by atoms with Gasteiger partial charge in [0.25, 0.3) is 5.91 Å². The summed E-state index contributed by atoms with van der Waals surface area (Å²) in [6.07, 6.45) is 0.766. The van der Waals surface area contributed by atoms with Crippen molar-refractivity contribution in [2.75, 3.05) is 13.2 Å². The van der Waals surface area contributed by atoms with E-state index in [0.29, 0.717) is 17.2 Å². The molecule has 1 amide bonds. The van der Waals surface area contributed by atoms with Crippen molar-refractivity contribution < 1.29 is 17.9 Å². The van der Waals surface area contributed by atoms with Gasteiger partial charge in [0.05, 0.1) is 5.75 Å². The number of halogens is 1. The maximum atomic E-state index is 11.7. The van der Waals surface area contributed by atoms with Crippen LogP contribution in [0.25, 0.3) is 0 Å². The number of carbonyl (C=O) groups excluding carboxylic acids is 1. The fraction of sp³-hybridized carbons (Fsp3) is 0.417. The molecule has 1 aromatic carbocycles. The highest BCUT2D eigenvalue weighted by Gasteiger charge is 2.15. The van der Waals surface area contributed by atoms with Crippen molar-refractivity contribution >= 4 is 27.5 Å². The molecule has 1 rings (SSSR count). The van der Waals surface area contributed by atoms with Gasteiger partial charge >= 0.3 is 0 Å². The molecule has 0 aliphatic rings. The van der Waals surface area contributed by atoms with Gasteiger partial charge in [-0.1, -0.05) is 30.7 Å². The lowest BCUT2D eigenvalue weighted by molar-refractivity contribution is -0.123. The summed E-state index contributed by atoms with van der Waals surface area (Å²) in [5, 5.41) is 0.449. The van der Waals surface area contributed by atoms with Crippen molar-refractivity contribution in [1.82, 2.24) is 4.72 Å². The molecule has 0 unspecified atom stereocenters. The monoisotopic (exact) mass is 305 g/mol. The highest BCUT2D eigenvalue weighted by molar-refractivity contribution is 7.89. The molecule has 0 aliphatic carbocycles. The van der Waals surface area contributed by atoms with Crippen LogP contribution >= 0.6 is 11.6 Å². The van der Waals surface area contributed by atoms with E-state index in [1.165, 1.54) is 0 Å². The van der Waals surface area contributed by atoms with Gasteiger partial charge in [0.1, 0.15) is 6.61 Å². The largest absolute Gasteiger partial charge is 0.372 e. The van der Waals surface area contributed by atoms with E-state index >= 15 is 0 Å². The molecule has 0 aliphatic heterocycles. The van der Waals surface area contributed by atoms with Crippen LogP contribution in [-0.2, 0) is 25.3 Å². The Hall–Kier alpha value is -1.11. The van der Waals surface area contributed by atoms with Crippen molar-refractivity contribution in [2.24, 2.45) is 0 Å². The number of ether oxygens (including phenoxy) is 1. The molecule has 1 N–H and O–H groups in total. The third kappa shape index (κ3) is 6.56. The summed E-state index contributed by atoms with van der Waals surface area (Å²) in [7, 11) is -3.73. The number of nitrogens with one attached hydrogen (secondary N) is 1. The number of carbonyl (C=O) groups is 1. The van der Waals surface area contributed by atoms with Gasteiger partial charge in [0, 0.05) is 11.6 Å². The molecule has 7 heteroatoms. The van der Waals surface area contributed by atoms with E-state index < -0.39 is 15.9 Å². The number of hydrogen-bond donors (Lipinski definition) is 1. The first-order chi connectivity index (χ1) is 8.93. The van der Waals surface area contributed by atoms with Gasteiger partial charge in [0.2, 0.25) is 10.0 Å². The number of benzene rings is 1. The summed E-state index contributed by atoms with van der Waals surface area (Å²) in [6, 6.07) is 6.47. The molecule has 5 nitrogen and oxygen atoms in total. The van der Waals surface area contributed by atoms with Crippen molar-refractivity contribution in [3.8, 4) is 0 Å². The van der Waals surface area contributed by atoms with Crippen LogP contribution in [0.4, 0.5) is 0 Å². The van der Waals surface area contributed by atoms with Crippen LogP contribution in [-0.4, -0.2) is 27.5 Å². The predicted octanol–water partition coefficient (Wildman–Crippen LogP) is 1.71. The summed E-state index contributed by atoms with van der Waals surface area (Å²) >= 11 is 5.76. The molecule has 0 fully saturated rings. The molecular formula is C12H16ClNO4S. The van der Waals surface area contributed by atoms with E-state index in [1.54, 1.807) is 24.3 Å². The number of amides is 1. The van der Waals surface area contributed by atoms with Crippen LogP contribution in [0.1, 0.15) is 18.9 Å². The van der Waals surface area contributed by atoms with Crippen molar-refractivity contribution in [2.45, 2.75) is 19.1 Å². The maximum Gasteiger partial charge on any atom is 0.259 e. The average Bonchev–Trinajstić information content (AvgIpc) is 2.27. The molecule has 0 saturated heterocycles.